The van der Waals surface area contributed by atoms with Crippen LogP contribution >= 0.6 is 0 Å². The van der Waals surface area contributed by atoms with Crippen molar-refractivity contribution in [1.82, 2.24) is 14.7 Å². The first-order chi connectivity index (χ1) is 9.25. The summed E-state index contributed by atoms with van der Waals surface area (Å²) in [6.45, 7) is 5.27. The molecule has 4 nitrogen and oxygen atoms in total. The summed E-state index contributed by atoms with van der Waals surface area (Å²) in [6, 6.07) is 0.986. The van der Waals surface area contributed by atoms with Crippen LogP contribution in [0.25, 0.3) is 0 Å². The first-order valence-corrected chi connectivity index (χ1v) is 7.99. The Morgan fingerprint density at radius 1 is 0.895 bits per heavy atom. The highest BCUT2D eigenvalue weighted by Crippen LogP contribution is 2.26. The molecule has 0 aromatic rings. The van der Waals surface area contributed by atoms with Crippen molar-refractivity contribution in [1.29, 1.82) is 0 Å². The number of carbonyl (C=O) groups excluding carboxylic acids is 1. The molecule has 1 saturated carbocycles. The Balaban J connectivity index is 1.55. The molecular weight excluding hydrogens is 238 g/mol. The highest BCUT2D eigenvalue weighted by atomic mass is 16.2. The number of carbonyl (C=O) groups is 1. The zero-order chi connectivity index (χ0) is 13.2. The summed E-state index contributed by atoms with van der Waals surface area (Å²) in [7, 11) is 2.09. The molecule has 2 saturated heterocycles. The predicted molar refractivity (Wildman–Crippen MR) is 76.1 cm³/mol. The summed E-state index contributed by atoms with van der Waals surface area (Å²) in [5, 5.41) is 0. The standard InChI is InChI=1S/C15H27N3O/c1-16-8-3-7-14(16)15(19)18-10-4-9-17(11-12-18)13-5-2-6-13/h13-14H,2-12H2,1H3/t14-/m0/s1. The Bertz CT molecular complexity index is 329. The third kappa shape index (κ3) is 2.79. The average molecular weight is 265 g/mol. The number of rotatable bonds is 2. The number of hydrogen-bond donors (Lipinski definition) is 0. The smallest absolute Gasteiger partial charge is 0.239 e. The first-order valence-electron chi connectivity index (χ1n) is 7.99. The van der Waals surface area contributed by atoms with Gasteiger partial charge in [-0.05, 0) is 45.7 Å². The molecule has 0 unspecified atom stereocenters. The van der Waals surface area contributed by atoms with Crippen molar-refractivity contribution in [3.8, 4) is 0 Å². The molecule has 0 radical (unpaired) electrons. The zero-order valence-corrected chi connectivity index (χ0v) is 12.2. The Hall–Kier alpha value is -0.610. The van der Waals surface area contributed by atoms with Crippen molar-refractivity contribution >= 4 is 5.91 Å². The van der Waals surface area contributed by atoms with Crippen molar-refractivity contribution in [3.05, 3.63) is 0 Å². The maximum absolute atomic E-state index is 12.6. The van der Waals surface area contributed by atoms with Crippen LogP contribution in [0, 0.1) is 0 Å². The van der Waals surface area contributed by atoms with Crippen LogP contribution in [0.5, 0.6) is 0 Å². The van der Waals surface area contributed by atoms with Gasteiger partial charge >= 0.3 is 0 Å². The largest absolute Gasteiger partial charge is 0.340 e. The molecular formula is C15H27N3O. The minimum Gasteiger partial charge on any atom is -0.340 e. The summed E-state index contributed by atoms with van der Waals surface area (Å²) in [6.07, 6.45) is 7.53. The molecule has 2 heterocycles. The van der Waals surface area contributed by atoms with E-state index in [4.69, 9.17) is 0 Å². The molecule has 108 valence electrons. The lowest BCUT2D eigenvalue weighted by Gasteiger charge is -2.36. The third-order valence-electron chi connectivity index (χ3n) is 5.24. The van der Waals surface area contributed by atoms with Crippen LogP contribution in [-0.2, 0) is 4.79 Å². The molecule has 2 aliphatic heterocycles. The molecule has 1 atom stereocenters. The van der Waals surface area contributed by atoms with Crippen LogP contribution in [0.4, 0.5) is 0 Å². The van der Waals surface area contributed by atoms with E-state index >= 15 is 0 Å². The topological polar surface area (TPSA) is 26.8 Å². The number of likely N-dealkylation sites (tertiary alicyclic amines) is 1. The number of nitrogens with zero attached hydrogens (tertiary/aromatic N) is 3. The minimum absolute atomic E-state index is 0.162. The lowest BCUT2D eigenvalue weighted by molar-refractivity contribution is -0.135. The third-order valence-corrected chi connectivity index (χ3v) is 5.24. The maximum atomic E-state index is 12.6. The summed E-state index contributed by atoms with van der Waals surface area (Å²) in [5.41, 5.74) is 0. The molecule has 3 aliphatic rings. The van der Waals surface area contributed by atoms with E-state index in [2.05, 4.69) is 21.7 Å². The van der Waals surface area contributed by atoms with E-state index in [9.17, 15) is 4.79 Å². The van der Waals surface area contributed by atoms with Gasteiger partial charge in [0.05, 0.1) is 6.04 Å². The minimum atomic E-state index is 0.162. The average Bonchev–Trinajstić information content (AvgIpc) is 2.61. The molecule has 19 heavy (non-hydrogen) atoms. The van der Waals surface area contributed by atoms with E-state index in [-0.39, 0.29) is 6.04 Å². The molecule has 4 heteroatoms. The normalized spacial score (nSPS) is 31.2. The molecule has 0 N–H and O–H groups in total. The predicted octanol–water partition coefficient (Wildman–Crippen LogP) is 1.17. The van der Waals surface area contributed by atoms with Crippen LogP contribution in [0.3, 0.4) is 0 Å². The van der Waals surface area contributed by atoms with Crippen LogP contribution in [0.2, 0.25) is 0 Å². The lowest BCUT2D eigenvalue weighted by atomic mass is 9.91. The maximum Gasteiger partial charge on any atom is 0.239 e. The van der Waals surface area contributed by atoms with E-state index in [1.165, 1.54) is 32.2 Å². The van der Waals surface area contributed by atoms with Gasteiger partial charge in [-0.3, -0.25) is 14.6 Å². The molecule has 0 bridgehead atoms. The second kappa shape index (κ2) is 5.80. The van der Waals surface area contributed by atoms with E-state index in [0.29, 0.717) is 5.91 Å². The molecule has 0 spiro atoms. The quantitative estimate of drug-likeness (QED) is 0.750. The van der Waals surface area contributed by atoms with E-state index < -0.39 is 0 Å². The van der Waals surface area contributed by atoms with E-state index in [1.54, 1.807) is 0 Å². The van der Waals surface area contributed by atoms with Crippen LogP contribution in [0.15, 0.2) is 0 Å². The number of likely N-dealkylation sites (N-methyl/N-ethyl adjacent to an activating group) is 1. The summed E-state index contributed by atoms with van der Waals surface area (Å²) >= 11 is 0. The number of hydrogen-bond acceptors (Lipinski definition) is 3. The first kappa shape index (κ1) is 13.4. The highest BCUT2D eigenvalue weighted by Gasteiger charge is 2.33. The fourth-order valence-corrected chi connectivity index (χ4v) is 3.71. The molecule has 0 aromatic carbocycles. The monoisotopic (exact) mass is 265 g/mol. The lowest BCUT2D eigenvalue weighted by Crippen LogP contribution is -2.46. The van der Waals surface area contributed by atoms with Gasteiger partial charge < -0.3 is 4.90 Å². The van der Waals surface area contributed by atoms with Gasteiger partial charge in [0.2, 0.25) is 5.91 Å². The van der Waals surface area contributed by atoms with Crippen molar-refractivity contribution in [3.63, 3.8) is 0 Å². The Labute approximate surface area is 116 Å². The van der Waals surface area contributed by atoms with Gasteiger partial charge in [-0.15, -0.1) is 0 Å². The molecule has 3 fully saturated rings. The van der Waals surface area contributed by atoms with Crippen LogP contribution in [0.1, 0.15) is 38.5 Å². The second-order valence-corrected chi connectivity index (χ2v) is 6.44. The van der Waals surface area contributed by atoms with Crippen molar-refractivity contribution in [2.24, 2.45) is 0 Å². The van der Waals surface area contributed by atoms with E-state index in [1.807, 2.05) is 0 Å². The number of amides is 1. The molecule has 1 aliphatic carbocycles. The van der Waals surface area contributed by atoms with Gasteiger partial charge in [0.15, 0.2) is 0 Å². The zero-order valence-electron chi connectivity index (χ0n) is 12.2. The fraction of sp³-hybridized carbons (Fsp3) is 0.933. The van der Waals surface area contributed by atoms with Gasteiger partial charge in [0.25, 0.3) is 0 Å². The molecule has 3 rings (SSSR count). The van der Waals surface area contributed by atoms with Crippen molar-refractivity contribution < 1.29 is 4.79 Å². The van der Waals surface area contributed by atoms with Gasteiger partial charge in [-0.2, -0.15) is 0 Å². The summed E-state index contributed by atoms with van der Waals surface area (Å²) < 4.78 is 0. The van der Waals surface area contributed by atoms with Gasteiger partial charge in [-0.1, -0.05) is 6.42 Å². The second-order valence-electron chi connectivity index (χ2n) is 6.44. The summed E-state index contributed by atoms with van der Waals surface area (Å²) in [4.78, 5) is 19.6. The van der Waals surface area contributed by atoms with Crippen LogP contribution in [-0.4, -0.2) is 72.5 Å². The van der Waals surface area contributed by atoms with Gasteiger partial charge in [0.1, 0.15) is 0 Å². The fourth-order valence-electron chi connectivity index (χ4n) is 3.71. The van der Waals surface area contributed by atoms with E-state index in [0.717, 1.165) is 45.1 Å². The van der Waals surface area contributed by atoms with Crippen molar-refractivity contribution in [2.75, 3.05) is 39.8 Å². The highest BCUT2D eigenvalue weighted by molar-refractivity contribution is 5.82. The molecule has 0 aromatic heterocycles. The summed E-state index contributed by atoms with van der Waals surface area (Å²) in [5.74, 6) is 0.385. The Kier molecular flexibility index (Phi) is 4.08. The Morgan fingerprint density at radius 3 is 2.37 bits per heavy atom. The van der Waals surface area contributed by atoms with Gasteiger partial charge in [0, 0.05) is 32.2 Å². The SMILES string of the molecule is CN1CCC[C@H]1C(=O)N1CCCN(C2CCC2)CC1. The van der Waals surface area contributed by atoms with Crippen LogP contribution < -0.4 is 0 Å². The van der Waals surface area contributed by atoms with Gasteiger partial charge in [-0.25, -0.2) is 0 Å². The van der Waals surface area contributed by atoms with Crippen molar-refractivity contribution in [2.45, 2.75) is 50.6 Å². The molecule has 1 amide bonds. The Morgan fingerprint density at radius 2 is 1.74 bits per heavy atom.